The average molecular weight is 327 g/mol. The van der Waals surface area contributed by atoms with Gasteiger partial charge in [-0.3, -0.25) is 4.90 Å². The van der Waals surface area contributed by atoms with Crippen LogP contribution in [0, 0.1) is 0 Å². The minimum absolute atomic E-state index is 0. The van der Waals surface area contributed by atoms with Crippen LogP contribution in [0.5, 0.6) is 11.5 Å². The molecule has 0 aliphatic carbocycles. The molecule has 0 saturated carbocycles. The highest BCUT2D eigenvalue weighted by Gasteiger charge is 2.21. The third kappa shape index (κ3) is 3.86. The van der Waals surface area contributed by atoms with Gasteiger partial charge in [0.05, 0.1) is 0 Å². The Labute approximate surface area is 139 Å². The second kappa shape index (κ2) is 8.04. The average Bonchev–Trinajstić information content (AvgIpc) is 2.96. The lowest BCUT2D eigenvalue weighted by molar-refractivity contribution is 0.174. The number of nitrogens with zero attached hydrogens (tertiary/aromatic N) is 2. The number of rotatable bonds is 6. The van der Waals surface area contributed by atoms with Gasteiger partial charge < -0.3 is 14.4 Å². The Morgan fingerprint density at radius 2 is 1.77 bits per heavy atom. The van der Waals surface area contributed by atoms with E-state index in [4.69, 9.17) is 9.47 Å². The van der Waals surface area contributed by atoms with Crippen LogP contribution >= 0.6 is 12.4 Å². The highest BCUT2D eigenvalue weighted by atomic mass is 35.5. The van der Waals surface area contributed by atoms with Gasteiger partial charge in [-0.15, -0.1) is 12.4 Å². The van der Waals surface area contributed by atoms with Crippen molar-refractivity contribution < 1.29 is 9.47 Å². The molecule has 0 bridgehead atoms. The van der Waals surface area contributed by atoms with Crippen molar-refractivity contribution in [3.05, 3.63) is 23.3 Å². The van der Waals surface area contributed by atoms with Crippen LogP contribution in [0.25, 0.3) is 0 Å². The van der Waals surface area contributed by atoms with E-state index in [9.17, 15) is 0 Å². The maximum atomic E-state index is 5.49. The molecule has 5 heteroatoms. The number of fused-ring (bicyclic) bond motifs is 2. The van der Waals surface area contributed by atoms with Gasteiger partial charge in [0.2, 0.25) is 6.79 Å². The first-order valence-corrected chi connectivity index (χ1v) is 8.16. The zero-order chi connectivity index (χ0) is 14.7. The Morgan fingerprint density at radius 1 is 1.09 bits per heavy atom. The summed E-state index contributed by atoms with van der Waals surface area (Å²) < 4.78 is 11.0. The SMILES string of the molecule is CCN(CC)CCCN1CCc2cc3c(cc2C1)OCO3.Cl. The molecular weight excluding hydrogens is 300 g/mol. The maximum absolute atomic E-state index is 5.49. The van der Waals surface area contributed by atoms with E-state index in [-0.39, 0.29) is 12.4 Å². The van der Waals surface area contributed by atoms with Crippen LogP contribution < -0.4 is 9.47 Å². The van der Waals surface area contributed by atoms with E-state index < -0.39 is 0 Å². The monoisotopic (exact) mass is 326 g/mol. The Morgan fingerprint density at radius 3 is 2.45 bits per heavy atom. The van der Waals surface area contributed by atoms with Gasteiger partial charge in [0.1, 0.15) is 0 Å². The Bertz CT molecular complexity index is 492. The van der Waals surface area contributed by atoms with Crippen LogP contribution in [-0.2, 0) is 13.0 Å². The zero-order valence-electron chi connectivity index (χ0n) is 13.6. The molecule has 0 radical (unpaired) electrons. The van der Waals surface area contributed by atoms with Crippen LogP contribution in [0.1, 0.15) is 31.4 Å². The molecule has 2 aliphatic heterocycles. The summed E-state index contributed by atoms with van der Waals surface area (Å²) in [5.74, 6) is 1.84. The largest absolute Gasteiger partial charge is 0.454 e. The minimum Gasteiger partial charge on any atom is -0.454 e. The quantitative estimate of drug-likeness (QED) is 0.802. The molecule has 0 amide bonds. The predicted octanol–water partition coefficient (Wildman–Crippen LogP) is 2.93. The van der Waals surface area contributed by atoms with Gasteiger partial charge in [0.15, 0.2) is 11.5 Å². The maximum Gasteiger partial charge on any atom is 0.231 e. The summed E-state index contributed by atoms with van der Waals surface area (Å²) >= 11 is 0. The Balaban J connectivity index is 0.00000176. The lowest BCUT2D eigenvalue weighted by Gasteiger charge is -2.29. The van der Waals surface area contributed by atoms with Crippen molar-refractivity contribution in [2.24, 2.45) is 0 Å². The van der Waals surface area contributed by atoms with Gasteiger partial charge in [-0.25, -0.2) is 0 Å². The van der Waals surface area contributed by atoms with Crippen molar-refractivity contribution in [2.45, 2.75) is 33.2 Å². The Kier molecular flexibility index (Phi) is 6.36. The summed E-state index contributed by atoms with van der Waals surface area (Å²) in [5, 5.41) is 0. The highest BCUT2D eigenvalue weighted by Crippen LogP contribution is 2.36. The fourth-order valence-corrected chi connectivity index (χ4v) is 3.25. The molecule has 0 N–H and O–H groups in total. The van der Waals surface area contributed by atoms with Gasteiger partial charge >= 0.3 is 0 Å². The zero-order valence-corrected chi connectivity index (χ0v) is 14.5. The summed E-state index contributed by atoms with van der Waals surface area (Å²) in [6.07, 6.45) is 2.37. The first kappa shape index (κ1) is 17.4. The molecule has 22 heavy (non-hydrogen) atoms. The highest BCUT2D eigenvalue weighted by molar-refractivity contribution is 5.85. The van der Waals surface area contributed by atoms with Crippen molar-refractivity contribution >= 4 is 12.4 Å². The molecule has 0 aromatic heterocycles. The number of benzene rings is 1. The minimum atomic E-state index is 0. The van der Waals surface area contributed by atoms with Crippen molar-refractivity contribution in [3.63, 3.8) is 0 Å². The van der Waals surface area contributed by atoms with E-state index in [1.807, 2.05) is 0 Å². The fourth-order valence-electron chi connectivity index (χ4n) is 3.25. The molecule has 0 spiro atoms. The molecule has 1 aromatic rings. The lowest BCUT2D eigenvalue weighted by Crippen LogP contribution is -2.33. The van der Waals surface area contributed by atoms with Gasteiger partial charge in [-0.1, -0.05) is 13.8 Å². The van der Waals surface area contributed by atoms with Crippen molar-refractivity contribution in [1.82, 2.24) is 9.80 Å². The van der Waals surface area contributed by atoms with Crippen molar-refractivity contribution in [2.75, 3.05) is 39.5 Å². The number of hydrogen-bond acceptors (Lipinski definition) is 4. The summed E-state index contributed by atoms with van der Waals surface area (Å²) in [4.78, 5) is 5.06. The van der Waals surface area contributed by atoms with Crippen LogP contribution in [0.2, 0.25) is 0 Å². The lowest BCUT2D eigenvalue weighted by atomic mass is 9.99. The third-order valence-corrected chi connectivity index (χ3v) is 4.63. The number of halogens is 1. The van der Waals surface area contributed by atoms with E-state index in [1.165, 1.54) is 30.6 Å². The van der Waals surface area contributed by atoms with Gasteiger partial charge in [0, 0.05) is 13.1 Å². The molecule has 0 unspecified atom stereocenters. The second-order valence-corrected chi connectivity index (χ2v) is 5.88. The molecule has 124 valence electrons. The molecule has 0 fully saturated rings. The van der Waals surface area contributed by atoms with Crippen LogP contribution in [0.4, 0.5) is 0 Å². The normalized spacial score (nSPS) is 16.5. The van der Waals surface area contributed by atoms with Crippen molar-refractivity contribution in [1.29, 1.82) is 0 Å². The fraction of sp³-hybridized carbons (Fsp3) is 0.647. The van der Waals surface area contributed by atoms with Gasteiger partial charge in [-0.05, 0) is 62.3 Å². The van der Waals surface area contributed by atoms with E-state index in [0.29, 0.717) is 6.79 Å². The molecule has 2 aliphatic rings. The van der Waals surface area contributed by atoms with Crippen LogP contribution in [-0.4, -0.2) is 49.3 Å². The van der Waals surface area contributed by atoms with E-state index in [1.54, 1.807) is 0 Å². The van der Waals surface area contributed by atoms with E-state index in [0.717, 1.165) is 44.1 Å². The second-order valence-electron chi connectivity index (χ2n) is 5.88. The van der Waals surface area contributed by atoms with Gasteiger partial charge in [0.25, 0.3) is 0 Å². The van der Waals surface area contributed by atoms with E-state index >= 15 is 0 Å². The molecular formula is C17H27ClN2O2. The smallest absolute Gasteiger partial charge is 0.231 e. The predicted molar refractivity (Wildman–Crippen MR) is 91.2 cm³/mol. The molecule has 4 nitrogen and oxygen atoms in total. The molecule has 2 heterocycles. The van der Waals surface area contributed by atoms with Crippen molar-refractivity contribution in [3.8, 4) is 11.5 Å². The molecule has 0 atom stereocenters. The van der Waals surface area contributed by atoms with Crippen LogP contribution in [0.3, 0.4) is 0 Å². The topological polar surface area (TPSA) is 24.9 Å². The number of ether oxygens (including phenoxy) is 2. The third-order valence-electron chi connectivity index (χ3n) is 4.63. The van der Waals surface area contributed by atoms with Crippen LogP contribution in [0.15, 0.2) is 12.1 Å². The standard InChI is InChI=1S/C17H26N2O2.ClH/c1-3-18(4-2)7-5-8-19-9-6-14-10-16-17(21-13-20-16)11-15(14)12-19;/h10-11H,3-9,12-13H2,1-2H3;1H. The Hall–Kier alpha value is -0.970. The summed E-state index contributed by atoms with van der Waals surface area (Å²) in [6.45, 7) is 11.8. The van der Waals surface area contributed by atoms with Gasteiger partial charge in [-0.2, -0.15) is 0 Å². The first-order chi connectivity index (χ1) is 10.3. The summed E-state index contributed by atoms with van der Waals surface area (Å²) in [5.41, 5.74) is 2.84. The molecule has 3 rings (SSSR count). The summed E-state index contributed by atoms with van der Waals surface area (Å²) in [6, 6.07) is 4.35. The number of hydrogen-bond donors (Lipinski definition) is 0. The molecule has 0 saturated heterocycles. The van der Waals surface area contributed by atoms with E-state index in [2.05, 4.69) is 35.8 Å². The first-order valence-electron chi connectivity index (χ1n) is 8.16. The molecule has 1 aromatic carbocycles. The summed E-state index contributed by atoms with van der Waals surface area (Å²) in [7, 11) is 0.